The van der Waals surface area contributed by atoms with Gasteiger partial charge in [0, 0.05) is 29.4 Å². The highest BCUT2D eigenvalue weighted by atomic mass is 32.2. The lowest BCUT2D eigenvalue weighted by Gasteiger charge is -2.30. The Bertz CT molecular complexity index is 1460. The number of sulfone groups is 1. The molecule has 0 radical (unpaired) electrons. The Hall–Kier alpha value is -3.51. The van der Waals surface area contributed by atoms with Crippen molar-refractivity contribution < 1.29 is 22.7 Å². The van der Waals surface area contributed by atoms with Gasteiger partial charge in [0.25, 0.3) is 0 Å². The number of anilines is 1. The molecule has 1 N–H and O–H groups in total. The highest BCUT2D eigenvalue weighted by Crippen LogP contribution is 2.43. The van der Waals surface area contributed by atoms with Gasteiger partial charge in [-0.25, -0.2) is 13.2 Å². The molecule has 3 aromatic rings. The molecule has 2 aliphatic rings. The smallest absolute Gasteiger partial charge is 0.411 e. The molecule has 5 rings (SSSR count). The van der Waals surface area contributed by atoms with Gasteiger partial charge >= 0.3 is 6.09 Å². The molecule has 0 unspecified atom stereocenters. The fourth-order valence-electron chi connectivity index (χ4n) is 4.80. The largest absolute Gasteiger partial charge is 0.492 e. The zero-order chi connectivity index (χ0) is 26.2. The molecule has 0 saturated heterocycles. The van der Waals surface area contributed by atoms with Gasteiger partial charge in [-0.1, -0.05) is 12.1 Å². The van der Waals surface area contributed by atoms with Crippen LogP contribution in [0, 0.1) is 17.2 Å². The Morgan fingerprint density at radius 2 is 1.89 bits per heavy atom. The van der Waals surface area contributed by atoms with E-state index in [-0.39, 0.29) is 24.5 Å². The molecule has 9 heteroatoms. The summed E-state index contributed by atoms with van der Waals surface area (Å²) in [5.41, 5.74) is 3.83. The van der Waals surface area contributed by atoms with E-state index >= 15 is 0 Å². The predicted octanol–water partition coefficient (Wildman–Crippen LogP) is 5.68. The third-order valence-corrected chi connectivity index (χ3v) is 8.14. The van der Waals surface area contributed by atoms with Gasteiger partial charge in [-0.05, 0) is 74.8 Å². The Balaban J connectivity index is 1.44. The van der Waals surface area contributed by atoms with E-state index in [2.05, 4.69) is 16.0 Å². The molecule has 8 nitrogen and oxygen atoms in total. The van der Waals surface area contributed by atoms with Crippen molar-refractivity contribution >= 4 is 32.5 Å². The molecule has 1 heterocycles. The van der Waals surface area contributed by atoms with Gasteiger partial charge in [-0.3, -0.25) is 5.32 Å². The van der Waals surface area contributed by atoms with Gasteiger partial charge in [0.05, 0.1) is 22.5 Å². The minimum Gasteiger partial charge on any atom is -0.492 e. The average molecular weight is 522 g/mol. The van der Waals surface area contributed by atoms with Crippen molar-refractivity contribution in [1.29, 1.82) is 5.26 Å². The van der Waals surface area contributed by atoms with Crippen LogP contribution in [0.4, 0.5) is 10.5 Å². The number of nitrogens with zero attached hydrogens (tertiary/aromatic N) is 2. The van der Waals surface area contributed by atoms with E-state index < -0.39 is 15.9 Å². The zero-order valence-electron chi connectivity index (χ0n) is 21.1. The summed E-state index contributed by atoms with van der Waals surface area (Å²) < 4.78 is 36.4. The molecule has 194 valence electrons. The highest BCUT2D eigenvalue weighted by Gasteiger charge is 2.31. The second kappa shape index (κ2) is 10.1. The molecule has 2 aliphatic carbocycles. The van der Waals surface area contributed by atoms with E-state index in [0.717, 1.165) is 54.3 Å². The molecular formula is C28H31N3O5S. The van der Waals surface area contributed by atoms with E-state index in [1.54, 1.807) is 6.07 Å². The van der Waals surface area contributed by atoms with Gasteiger partial charge in [-0.15, -0.1) is 0 Å². The molecule has 2 aromatic carbocycles. The second-order valence-corrected chi connectivity index (χ2v) is 12.4. The Morgan fingerprint density at radius 3 is 2.49 bits per heavy atom. The van der Waals surface area contributed by atoms with E-state index in [9.17, 15) is 18.5 Å². The number of carbonyl (C=O) groups is 1. The summed E-state index contributed by atoms with van der Waals surface area (Å²) >= 11 is 0. The first-order valence-corrected chi connectivity index (χ1v) is 14.8. The number of rotatable bonds is 9. The summed E-state index contributed by atoms with van der Waals surface area (Å²) in [6, 6.07) is 15.7. The quantitative estimate of drug-likeness (QED) is 0.388. The molecular weight excluding hydrogens is 490 g/mol. The van der Waals surface area contributed by atoms with Crippen molar-refractivity contribution in [2.75, 3.05) is 23.9 Å². The third-order valence-electron chi connectivity index (χ3n) is 7.23. The lowest BCUT2D eigenvalue weighted by Crippen LogP contribution is -2.21. The lowest BCUT2D eigenvalue weighted by atomic mass is 9.92. The Kier molecular flexibility index (Phi) is 6.86. The fraction of sp³-hybridized carbons (Fsp3) is 0.429. The first-order valence-electron chi connectivity index (χ1n) is 12.7. The third kappa shape index (κ3) is 5.59. The van der Waals surface area contributed by atoms with Gasteiger partial charge in [0.15, 0.2) is 9.84 Å². The van der Waals surface area contributed by atoms with Gasteiger partial charge < -0.3 is 14.0 Å². The number of ether oxygens (including phenoxy) is 2. The molecule has 1 aromatic heterocycles. The van der Waals surface area contributed by atoms with Gasteiger partial charge in [0.1, 0.15) is 24.5 Å². The van der Waals surface area contributed by atoms with Gasteiger partial charge in [0.2, 0.25) is 0 Å². The molecule has 1 amide bonds. The summed E-state index contributed by atoms with van der Waals surface area (Å²) in [5.74, 6) is 0.983. The standard InChI is InChI=1S/C28H31N3O5S/c1-18(19-6-7-19)36-28(32)30-21-10-8-20(9-11-21)27-25(17-29)24-13-12-23(35-14-15-37(2,33)34)16-26(24)31(27)22-4-3-5-22/h8-13,16,18-19,22H,3-7,14-15H2,1-2H3,(H,30,32)/t18-/m1/s1. The topological polar surface area (TPSA) is 110 Å². The summed E-state index contributed by atoms with van der Waals surface area (Å²) in [7, 11) is -3.12. The normalized spacial score (nSPS) is 16.6. The maximum Gasteiger partial charge on any atom is 0.411 e. The summed E-state index contributed by atoms with van der Waals surface area (Å²) in [6.07, 6.45) is 6.01. The van der Waals surface area contributed by atoms with Crippen LogP contribution in [0.25, 0.3) is 22.2 Å². The van der Waals surface area contributed by atoms with Crippen LogP contribution in [0.15, 0.2) is 42.5 Å². The first kappa shape index (κ1) is 25.2. The van der Waals surface area contributed by atoms with E-state index in [1.807, 2.05) is 43.3 Å². The molecule has 0 bridgehead atoms. The molecule has 1 atom stereocenters. The van der Waals surface area contributed by atoms with Crippen molar-refractivity contribution in [2.24, 2.45) is 5.92 Å². The average Bonchev–Trinajstić information content (AvgIpc) is 3.62. The first-order chi connectivity index (χ1) is 17.7. The number of hydrogen-bond donors (Lipinski definition) is 1. The van der Waals surface area contributed by atoms with Crippen molar-refractivity contribution in [1.82, 2.24) is 4.57 Å². The number of carbonyl (C=O) groups excluding carboxylic acids is 1. The zero-order valence-corrected chi connectivity index (χ0v) is 21.9. The summed E-state index contributed by atoms with van der Waals surface area (Å²) in [4.78, 5) is 12.3. The van der Waals surface area contributed by atoms with Gasteiger partial charge in [-0.2, -0.15) is 5.26 Å². The number of amides is 1. The van der Waals surface area contributed by atoms with Crippen LogP contribution in [0.5, 0.6) is 5.75 Å². The van der Waals surface area contributed by atoms with Crippen molar-refractivity contribution in [3.05, 3.63) is 48.0 Å². The SMILES string of the molecule is C[C@@H](OC(=O)Nc1ccc(-c2c(C#N)c3ccc(OCCS(C)(=O)=O)cc3n2C2CCC2)cc1)C1CC1. The number of aromatic nitrogens is 1. The van der Waals surface area contributed by atoms with Crippen LogP contribution in [0.2, 0.25) is 0 Å². The lowest BCUT2D eigenvalue weighted by molar-refractivity contribution is 0.108. The minimum atomic E-state index is -3.12. The summed E-state index contributed by atoms with van der Waals surface area (Å²) in [5, 5.41) is 13.8. The summed E-state index contributed by atoms with van der Waals surface area (Å²) in [6.45, 7) is 1.99. The number of nitriles is 1. The minimum absolute atomic E-state index is 0.0587. The molecule has 2 fully saturated rings. The van der Waals surface area contributed by atoms with E-state index in [1.165, 1.54) is 6.26 Å². The fourth-order valence-corrected chi connectivity index (χ4v) is 5.19. The van der Waals surface area contributed by atoms with Crippen LogP contribution in [-0.4, -0.2) is 43.8 Å². The van der Waals surface area contributed by atoms with E-state index in [4.69, 9.17) is 9.47 Å². The molecule has 37 heavy (non-hydrogen) atoms. The van der Waals surface area contributed by atoms with Crippen LogP contribution in [-0.2, 0) is 14.6 Å². The number of benzene rings is 2. The number of nitrogens with one attached hydrogen (secondary N) is 1. The van der Waals surface area contributed by atoms with Crippen LogP contribution < -0.4 is 10.1 Å². The monoisotopic (exact) mass is 521 g/mol. The van der Waals surface area contributed by atoms with Crippen molar-refractivity contribution in [3.63, 3.8) is 0 Å². The van der Waals surface area contributed by atoms with Crippen molar-refractivity contribution in [3.8, 4) is 23.1 Å². The van der Waals surface area contributed by atoms with Crippen LogP contribution in [0.3, 0.4) is 0 Å². The Labute approximate surface area is 217 Å². The molecule has 0 aliphatic heterocycles. The number of fused-ring (bicyclic) bond motifs is 1. The molecule has 0 spiro atoms. The van der Waals surface area contributed by atoms with Crippen LogP contribution >= 0.6 is 0 Å². The number of hydrogen-bond acceptors (Lipinski definition) is 6. The highest BCUT2D eigenvalue weighted by molar-refractivity contribution is 7.90. The second-order valence-electron chi connectivity index (χ2n) is 10.1. The maximum atomic E-state index is 12.3. The maximum absolute atomic E-state index is 12.3. The predicted molar refractivity (Wildman–Crippen MR) is 142 cm³/mol. The van der Waals surface area contributed by atoms with E-state index in [0.29, 0.717) is 22.9 Å². The Morgan fingerprint density at radius 1 is 1.16 bits per heavy atom. The molecule has 2 saturated carbocycles. The van der Waals surface area contributed by atoms with Crippen molar-refractivity contribution in [2.45, 2.75) is 51.2 Å². The van der Waals surface area contributed by atoms with Crippen LogP contribution in [0.1, 0.15) is 50.6 Å².